The smallest absolute Gasteiger partial charge is 0.407 e. The number of pyridine rings is 3. The zero-order valence-corrected chi connectivity index (χ0v) is 63.8. The van der Waals surface area contributed by atoms with Crippen LogP contribution in [0.15, 0.2) is 152 Å². The van der Waals surface area contributed by atoms with E-state index in [1.165, 1.54) is 22.1 Å². The number of urea groups is 1. The Hall–Kier alpha value is -1.50. The van der Waals surface area contributed by atoms with Crippen LogP contribution in [0.1, 0.15) is 30.5 Å². The Morgan fingerprint density at radius 3 is 1.30 bits per heavy atom. The Balaban J connectivity index is 0. The monoisotopic (exact) mass is 1950 g/mol. The van der Waals surface area contributed by atoms with Gasteiger partial charge >= 0.3 is 12.1 Å². The van der Waals surface area contributed by atoms with Crippen molar-refractivity contribution in [2.24, 2.45) is 5.73 Å². The molecule has 0 atom stereocenters. The summed E-state index contributed by atoms with van der Waals surface area (Å²) >= 11 is 36.8. The number of aryl methyl sites for hydroxylation is 4. The number of rotatable bonds is 6. The molecule has 0 spiro atoms. The molecule has 6 heterocycles. The summed E-state index contributed by atoms with van der Waals surface area (Å²) < 4.78 is 10.7. The molecular formula is C51H64Cl3I6N15O3S3V. The maximum atomic E-state index is 11.2. The summed E-state index contributed by atoms with van der Waals surface area (Å²) in [7, 11) is 4.50. The first-order valence-corrected chi connectivity index (χ1v) is 34.9. The number of alkyl carbamates (subject to hydrolysis) is 1. The zero-order valence-electron chi connectivity index (χ0n) is 44.7. The van der Waals surface area contributed by atoms with Crippen LogP contribution in [0.3, 0.4) is 0 Å². The fraction of sp³-hybridized carbons (Fsp3) is 0.255. The molecule has 6 aromatic heterocycles. The number of anilines is 3. The van der Waals surface area contributed by atoms with E-state index in [4.69, 9.17) is 46.3 Å². The molecule has 9 rings (SSSR count). The minimum atomic E-state index is -1.54. The van der Waals surface area contributed by atoms with E-state index in [1.807, 2.05) is 167 Å². The Kier molecular flexibility index (Phi) is 47.0. The quantitative estimate of drug-likeness (QED) is 0.0354. The van der Waals surface area contributed by atoms with Crippen LogP contribution in [0.2, 0.25) is 0 Å². The third-order valence-corrected chi connectivity index (χ3v) is 11.6. The number of carbonyl (C=O) groups is 2. The van der Waals surface area contributed by atoms with Crippen LogP contribution < -0.4 is 33.2 Å². The van der Waals surface area contributed by atoms with Gasteiger partial charge in [0.25, 0.3) is 0 Å². The molecule has 0 saturated heterocycles. The van der Waals surface area contributed by atoms with Crippen LogP contribution in [0, 0.1) is 27.7 Å². The molecule has 447 valence electrons. The third kappa shape index (κ3) is 34.7. The van der Waals surface area contributed by atoms with Crippen LogP contribution in [0.4, 0.5) is 26.7 Å². The van der Waals surface area contributed by atoms with Crippen molar-refractivity contribution in [3.05, 3.63) is 151 Å². The van der Waals surface area contributed by atoms with Crippen molar-refractivity contribution in [1.29, 1.82) is 0 Å². The van der Waals surface area contributed by atoms with E-state index in [0.29, 0.717) is 0 Å². The molecule has 3 aromatic carbocycles. The maximum Gasteiger partial charge on any atom is 0.407 e. The molecular weight excluding hydrogens is 1890 g/mol. The summed E-state index contributed by atoms with van der Waals surface area (Å²) in [6.45, 7) is 7.61. The van der Waals surface area contributed by atoms with Crippen molar-refractivity contribution < 1.29 is 32.9 Å². The number of nitrogens with zero attached hydrogens (tertiary/aromatic N) is 9. The number of nitrogen functional groups attached to an aromatic ring is 2. The molecule has 31 heteroatoms. The number of hydrogen-bond donors (Lipinski definition) is 7. The van der Waals surface area contributed by atoms with Gasteiger partial charge < -0.3 is 37.9 Å². The Labute approximate surface area is 603 Å². The van der Waals surface area contributed by atoms with Crippen LogP contribution in [-0.2, 0) is 23.3 Å². The van der Waals surface area contributed by atoms with Gasteiger partial charge in [-0.15, -0.1) is 43.2 Å². The third-order valence-electron chi connectivity index (χ3n) is 8.97. The van der Waals surface area contributed by atoms with E-state index in [0.717, 1.165) is 75.9 Å². The Bertz CT molecular complexity index is 3170. The van der Waals surface area contributed by atoms with E-state index in [2.05, 4.69) is 212 Å². The molecule has 0 unspecified atom stereocenters. The van der Waals surface area contributed by atoms with Crippen molar-refractivity contribution in [2.75, 3.05) is 51.9 Å². The zero-order chi connectivity index (χ0) is 60.4. The number of fused-ring (bicyclic) bond motifs is 3. The number of halogens is 9. The van der Waals surface area contributed by atoms with Crippen molar-refractivity contribution in [3.63, 3.8) is 0 Å². The fourth-order valence-electron chi connectivity index (χ4n) is 5.51. The minimum Gasteiger partial charge on any atom is -0.445 e. The second kappa shape index (κ2) is 46.6. The van der Waals surface area contributed by atoms with E-state index in [9.17, 15) is 9.59 Å². The number of carbonyl (C=O) groups excluding carboxylic acids is 2. The summed E-state index contributed by atoms with van der Waals surface area (Å²) in [5.41, 5.74) is 21.7. The maximum absolute atomic E-state index is 11.2. The average Bonchev–Trinajstić information content (AvgIpc) is 4.13. The molecule has 18 nitrogen and oxygen atoms in total. The van der Waals surface area contributed by atoms with Crippen LogP contribution in [0.5, 0.6) is 0 Å². The number of hydrogen-bond acceptors (Lipinski definition) is 15. The van der Waals surface area contributed by atoms with Gasteiger partial charge in [0.2, 0.25) is 3.79 Å². The van der Waals surface area contributed by atoms with Crippen LogP contribution in [-0.4, -0.2) is 94.8 Å². The van der Waals surface area contributed by atoms with E-state index in [-0.39, 0.29) is 38.6 Å². The number of nitrogens with one attached hydrogen (secondary N) is 3. The molecule has 9 aromatic rings. The largest absolute Gasteiger partial charge is 0.445 e. The number of alkyl halides is 9. The standard InChI is InChI=1S/C15H15N5OS.C13H12N4S.C8H9N3.C6H7NS.C4H6Cl3NO2.CHI3.CH2I2.CH3I.CH5N.CH4.V/c1-10-18-19-14-8-7-13(9-20(10)14)22-12-5-3-11(4-6-12)17-15(21)16-2;1-9-15-16-13-7-6-12(8-17(9)13)18-11-4-2-10(14)3-5-11;1-6-3-4-8-10-9-7(2)11(8)5-6;7-5-1-3-6(8)4-2-5;1-8-3(9)10-2-4(5,6)7;2-1(3)4;2-1-3;2*1-2;;/h3-9H,1-2H3,(H2,16,17,21);2-8H,14H2,1H3;3-5H,1-2H3;1-4,8H,7H2;2H2,1H3,(H,8,9);1H;1H2;1H3;2H2,1H3;1H4;. The predicted octanol–water partition coefficient (Wildman–Crippen LogP) is 16.0. The first-order valence-electron chi connectivity index (χ1n) is 22.7. The molecule has 0 bridgehead atoms. The summed E-state index contributed by atoms with van der Waals surface area (Å²) in [5.74, 6) is 2.69. The van der Waals surface area contributed by atoms with Gasteiger partial charge in [-0.2, -0.15) is 0 Å². The van der Waals surface area contributed by atoms with Crippen molar-refractivity contribution in [3.8, 4) is 0 Å². The van der Waals surface area contributed by atoms with Gasteiger partial charge in [-0.25, -0.2) is 9.59 Å². The minimum absolute atomic E-state index is 0. The number of benzene rings is 3. The molecule has 0 fully saturated rings. The summed E-state index contributed by atoms with van der Waals surface area (Å²) in [6, 6.07) is 34.7. The van der Waals surface area contributed by atoms with Gasteiger partial charge in [-0.05, 0) is 148 Å². The van der Waals surface area contributed by atoms with Gasteiger partial charge in [0.05, 0.1) is 2.43 Å². The fourth-order valence-corrected chi connectivity index (χ4v) is 7.50. The molecule has 9 N–H and O–H groups in total. The number of aromatic nitrogens is 9. The number of nitrogens with two attached hydrogens (primary N) is 3. The van der Waals surface area contributed by atoms with Gasteiger partial charge in [0.1, 0.15) is 24.0 Å². The van der Waals surface area contributed by atoms with Gasteiger partial charge in [-0.3, -0.25) is 13.2 Å². The van der Waals surface area contributed by atoms with Gasteiger partial charge in [0, 0.05) is 92.8 Å². The normalized spacial score (nSPS) is 9.71. The van der Waals surface area contributed by atoms with Crippen molar-refractivity contribution in [2.45, 2.75) is 63.3 Å². The van der Waals surface area contributed by atoms with E-state index < -0.39 is 9.89 Å². The molecule has 0 aliphatic carbocycles. The molecule has 3 amide bonds. The molecule has 82 heavy (non-hydrogen) atoms. The van der Waals surface area contributed by atoms with E-state index >= 15 is 0 Å². The Morgan fingerprint density at radius 1 is 0.610 bits per heavy atom. The van der Waals surface area contributed by atoms with Crippen molar-refractivity contribution in [1.82, 2.24) is 54.4 Å². The van der Waals surface area contributed by atoms with Gasteiger partial charge in [0.15, 0.2) is 16.9 Å². The van der Waals surface area contributed by atoms with E-state index in [1.54, 1.807) is 30.6 Å². The van der Waals surface area contributed by atoms with Gasteiger partial charge in [-0.1, -0.05) is 207 Å². The summed E-state index contributed by atoms with van der Waals surface area (Å²) in [5, 5.41) is 31.6. The van der Waals surface area contributed by atoms with Crippen LogP contribution >= 0.6 is 207 Å². The topological polar surface area (TPSA) is 248 Å². The molecule has 0 saturated carbocycles. The first-order chi connectivity index (χ1) is 38.0. The second-order valence-corrected chi connectivity index (χ2v) is 35.4. The molecule has 1 radical (unpaired) electrons. The summed E-state index contributed by atoms with van der Waals surface area (Å²) in [6.07, 6.45) is 5.48. The number of thiol groups is 1. The average molecular weight is 1950 g/mol. The van der Waals surface area contributed by atoms with Crippen LogP contribution in [0.25, 0.3) is 16.9 Å². The SMILES string of the molecule is C.CI.CN.CNC(=O)Nc1ccc(Sc2ccc3nnc(C)n3c2)cc1.CNC(=O)OCC(Cl)(Cl)Cl.Cc1ccc2nnc(C)n2c1.Cc1nnc2ccc(Sc3ccc(N)cc3)cn12.IC(I)I.ICI.Nc1ccc(S)cc1.[V]. The predicted molar refractivity (Wildman–Crippen MR) is 396 cm³/mol. The number of amides is 3. The molecule has 0 aliphatic rings. The number of ether oxygens (including phenoxy) is 1. The Morgan fingerprint density at radius 2 is 0.951 bits per heavy atom. The first kappa shape index (κ1) is 82.6. The molecule has 0 aliphatic heterocycles. The summed E-state index contributed by atoms with van der Waals surface area (Å²) in [4.78, 5) is 29.0. The van der Waals surface area contributed by atoms with Crippen molar-refractivity contribution >= 4 is 253 Å². The second-order valence-electron chi connectivity index (χ2n) is 14.7.